The van der Waals surface area contributed by atoms with Crippen molar-refractivity contribution >= 4 is 17.5 Å². The Bertz CT molecular complexity index is 1110. The first-order chi connectivity index (χ1) is 15.1. The van der Waals surface area contributed by atoms with E-state index in [1.54, 1.807) is 12.1 Å². The van der Waals surface area contributed by atoms with E-state index < -0.39 is 0 Å². The first-order valence-electron chi connectivity index (χ1n) is 10.9. The van der Waals surface area contributed by atoms with Crippen LogP contribution in [0.3, 0.4) is 0 Å². The van der Waals surface area contributed by atoms with Crippen molar-refractivity contribution in [2.24, 2.45) is 0 Å². The fraction of sp³-hybridized carbons (Fsp3) is 0.308. The van der Waals surface area contributed by atoms with Crippen LogP contribution in [0.2, 0.25) is 5.02 Å². The van der Waals surface area contributed by atoms with Crippen LogP contribution >= 0.6 is 11.6 Å². The Hall–Kier alpha value is -2.69. The number of halogens is 1. The highest BCUT2D eigenvalue weighted by molar-refractivity contribution is 6.30. The minimum Gasteiger partial charge on any atom is -0.392 e. The molecular weight excluding hydrogens is 408 g/mol. The van der Waals surface area contributed by atoms with Crippen LogP contribution in [-0.2, 0) is 6.61 Å². The second-order valence-corrected chi connectivity index (χ2v) is 8.97. The summed E-state index contributed by atoms with van der Waals surface area (Å²) in [5, 5.41) is 10.6. The van der Waals surface area contributed by atoms with Gasteiger partial charge in [0.05, 0.1) is 11.6 Å². The van der Waals surface area contributed by atoms with Crippen LogP contribution in [0, 0.1) is 0 Å². The summed E-state index contributed by atoms with van der Waals surface area (Å²) >= 11 is 5.89. The predicted octanol–water partition coefficient (Wildman–Crippen LogP) is 5.40. The van der Waals surface area contributed by atoms with Crippen molar-refractivity contribution in [1.82, 2.24) is 9.88 Å². The summed E-state index contributed by atoms with van der Waals surface area (Å²) in [6, 6.07) is 18.4. The van der Waals surface area contributed by atoms with Gasteiger partial charge >= 0.3 is 0 Å². The maximum Gasteiger partial charge on any atom is 0.272 e. The highest BCUT2D eigenvalue weighted by Crippen LogP contribution is 2.44. The minimum atomic E-state index is -0.0697. The number of carbonyl (C=O) groups excluding carboxylic acids is 1. The van der Waals surface area contributed by atoms with Gasteiger partial charge in [0.25, 0.3) is 5.91 Å². The summed E-state index contributed by atoms with van der Waals surface area (Å²) in [6.45, 7) is 1.32. The molecule has 158 valence electrons. The molecule has 1 amide bonds. The van der Waals surface area contributed by atoms with Crippen molar-refractivity contribution in [3.8, 4) is 11.1 Å². The van der Waals surface area contributed by atoms with Crippen molar-refractivity contribution in [3.05, 3.63) is 88.2 Å². The van der Waals surface area contributed by atoms with Crippen molar-refractivity contribution in [3.63, 3.8) is 0 Å². The van der Waals surface area contributed by atoms with E-state index in [2.05, 4.69) is 47.4 Å². The van der Waals surface area contributed by atoms with Crippen LogP contribution in [0.4, 0.5) is 0 Å². The molecule has 0 spiro atoms. The molecule has 2 fully saturated rings. The third kappa shape index (κ3) is 4.10. The number of rotatable bonds is 5. The standard InChI is InChI=1S/C26H25ClN2O2/c27-21-8-10-25(28-14-21)26(31)29-12-11-19(15-29)22-9-7-18(13-20(22)16-30)24-4-2-1-3-23(24)17-5-6-17/h1-4,7-10,13-14,17,19,30H,5-6,11-12,15-16H2. The maximum absolute atomic E-state index is 12.8. The smallest absolute Gasteiger partial charge is 0.272 e. The van der Waals surface area contributed by atoms with E-state index in [4.69, 9.17) is 11.6 Å². The van der Waals surface area contributed by atoms with Gasteiger partial charge in [0.2, 0.25) is 0 Å². The summed E-state index contributed by atoms with van der Waals surface area (Å²) in [5.74, 6) is 0.815. The molecule has 1 saturated heterocycles. The summed E-state index contributed by atoms with van der Waals surface area (Å²) in [7, 11) is 0. The molecular formula is C26H25ClN2O2. The maximum atomic E-state index is 12.8. The molecule has 2 aromatic carbocycles. The fourth-order valence-electron chi connectivity index (χ4n) is 4.68. The topological polar surface area (TPSA) is 53.4 Å². The van der Waals surface area contributed by atoms with E-state index in [0.717, 1.165) is 23.1 Å². The van der Waals surface area contributed by atoms with Gasteiger partial charge in [0.1, 0.15) is 5.69 Å². The zero-order valence-corrected chi connectivity index (χ0v) is 18.1. The molecule has 4 nitrogen and oxygen atoms in total. The predicted molar refractivity (Wildman–Crippen MR) is 122 cm³/mol. The molecule has 5 rings (SSSR count). The number of pyridine rings is 1. The molecule has 2 aliphatic rings. The van der Waals surface area contributed by atoms with Gasteiger partial charge < -0.3 is 10.0 Å². The zero-order chi connectivity index (χ0) is 21.4. The number of nitrogens with zero attached hydrogens (tertiary/aromatic N) is 2. The van der Waals surface area contributed by atoms with E-state index >= 15 is 0 Å². The van der Waals surface area contributed by atoms with Gasteiger partial charge in [0.15, 0.2) is 0 Å². The van der Waals surface area contributed by atoms with E-state index in [9.17, 15) is 9.90 Å². The number of benzene rings is 2. The Morgan fingerprint density at radius 1 is 1.03 bits per heavy atom. The molecule has 1 N–H and O–H groups in total. The van der Waals surface area contributed by atoms with E-state index in [1.807, 2.05) is 4.90 Å². The highest BCUT2D eigenvalue weighted by atomic mass is 35.5. The number of aromatic nitrogens is 1. The van der Waals surface area contributed by atoms with Crippen LogP contribution in [0.1, 0.15) is 58.3 Å². The van der Waals surface area contributed by atoms with Gasteiger partial charge in [-0.3, -0.25) is 4.79 Å². The lowest BCUT2D eigenvalue weighted by molar-refractivity contribution is 0.0785. The summed E-state index contributed by atoms with van der Waals surface area (Å²) in [6.07, 6.45) is 4.90. The van der Waals surface area contributed by atoms with Gasteiger partial charge in [-0.25, -0.2) is 4.98 Å². The summed E-state index contributed by atoms with van der Waals surface area (Å²) < 4.78 is 0. The SMILES string of the molecule is O=C(c1ccc(Cl)cn1)N1CCC(c2ccc(-c3ccccc3C3CC3)cc2CO)C1. The Labute approximate surface area is 187 Å². The molecule has 1 unspecified atom stereocenters. The van der Waals surface area contributed by atoms with Crippen LogP contribution < -0.4 is 0 Å². The Balaban J connectivity index is 1.37. The fourth-order valence-corrected chi connectivity index (χ4v) is 4.79. The number of likely N-dealkylation sites (tertiary alicyclic amines) is 1. The molecule has 0 radical (unpaired) electrons. The molecule has 5 heteroatoms. The van der Waals surface area contributed by atoms with Gasteiger partial charge in [0, 0.05) is 25.2 Å². The van der Waals surface area contributed by atoms with E-state index in [0.29, 0.717) is 29.7 Å². The molecule has 2 heterocycles. The largest absolute Gasteiger partial charge is 0.392 e. The molecule has 31 heavy (non-hydrogen) atoms. The van der Waals surface area contributed by atoms with Gasteiger partial charge in [-0.05, 0) is 71.2 Å². The lowest BCUT2D eigenvalue weighted by Gasteiger charge is -2.19. The number of aliphatic hydroxyl groups excluding tert-OH is 1. The molecule has 0 bridgehead atoms. The van der Waals surface area contributed by atoms with Crippen molar-refractivity contribution < 1.29 is 9.90 Å². The van der Waals surface area contributed by atoms with Crippen molar-refractivity contribution in [2.75, 3.05) is 13.1 Å². The average Bonchev–Trinajstić information content (AvgIpc) is 3.55. The second-order valence-electron chi connectivity index (χ2n) is 8.53. The second kappa shape index (κ2) is 8.45. The van der Waals surface area contributed by atoms with Crippen molar-refractivity contribution in [2.45, 2.75) is 37.7 Å². The normalized spacial score (nSPS) is 18.4. The highest BCUT2D eigenvalue weighted by Gasteiger charge is 2.30. The molecule has 1 aliphatic heterocycles. The number of aliphatic hydroxyl groups is 1. The van der Waals surface area contributed by atoms with Crippen LogP contribution in [0.25, 0.3) is 11.1 Å². The Kier molecular flexibility index (Phi) is 5.51. The van der Waals surface area contributed by atoms with E-state index in [1.165, 1.54) is 30.2 Å². The first-order valence-corrected chi connectivity index (χ1v) is 11.3. The average molecular weight is 433 g/mol. The third-order valence-corrected chi connectivity index (χ3v) is 6.69. The third-order valence-electron chi connectivity index (χ3n) is 6.46. The van der Waals surface area contributed by atoms with Gasteiger partial charge in [-0.1, -0.05) is 48.0 Å². The van der Waals surface area contributed by atoms with E-state index in [-0.39, 0.29) is 18.4 Å². The quantitative estimate of drug-likeness (QED) is 0.587. The van der Waals surface area contributed by atoms with Gasteiger partial charge in [-0.2, -0.15) is 0 Å². The molecule has 1 aliphatic carbocycles. The van der Waals surface area contributed by atoms with Crippen LogP contribution in [-0.4, -0.2) is 34.0 Å². The lowest BCUT2D eigenvalue weighted by Crippen LogP contribution is -2.29. The van der Waals surface area contributed by atoms with Crippen LogP contribution in [0.15, 0.2) is 60.8 Å². The lowest BCUT2D eigenvalue weighted by atomic mass is 9.89. The summed E-state index contributed by atoms with van der Waals surface area (Å²) in [5.41, 5.74) is 6.34. The first kappa shape index (κ1) is 20.2. The summed E-state index contributed by atoms with van der Waals surface area (Å²) in [4.78, 5) is 18.8. The Morgan fingerprint density at radius 2 is 1.87 bits per heavy atom. The molecule has 1 saturated carbocycles. The van der Waals surface area contributed by atoms with Crippen molar-refractivity contribution in [1.29, 1.82) is 0 Å². The molecule has 3 aromatic rings. The molecule has 1 atom stereocenters. The van der Waals surface area contributed by atoms with Gasteiger partial charge in [-0.15, -0.1) is 0 Å². The minimum absolute atomic E-state index is 0.00203. The molecule has 1 aromatic heterocycles. The Morgan fingerprint density at radius 3 is 2.61 bits per heavy atom. The number of carbonyl (C=O) groups is 1. The number of hydrogen-bond acceptors (Lipinski definition) is 3. The number of hydrogen-bond donors (Lipinski definition) is 1. The monoisotopic (exact) mass is 432 g/mol. The number of amides is 1. The zero-order valence-electron chi connectivity index (χ0n) is 17.3. The van der Waals surface area contributed by atoms with Crippen LogP contribution in [0.5, 0.6) is 0 Å².